The van der Waals surface area contributed by atoms with E-state index in [-0.39, 0.29) is 0 Å². The van der Waals surface area contributed by atoms with Crippen molar-refractivity contribution in [2.75, 3.05) is 31.3 Å². The van der Waals surface area contributed by atoms with Crippen LogP contribution in [-0.2, 0) is 0 Å². The average molecular weight is 346 g/mol. The Balaban J connectivity index is 2.11. The molecular formula is C21H33N2S+. The molecule has 0 bridgehead atoms. The molecule has 3 heteroatoms. The van der Waals surface area contributed by atoms with Gasteiger partial charge >= 0.3 is 0 Å². The third-order valence-electron chi connectivity index (χ3n) is 3.77. The summed E-state index contributed by atoms with van der Waals surface area (Å²) in [6.45, 7) is 1.18. The van der Waals surface area contributed by atoms with Gasteiger partial charge in [-0.3, -0.25) is 0 Å². The lowest BCUT2D eigenvalue weighted by Gasteiger charge is -2.11. The van der Waals surface area contributed by atoms with Crippen LogP contribution in [0.3, 0.4) is 0 Å². The molecule has 2 N–H and O–H groups in total. The maximum atomic E-state index is 4.23. The number of hydrogen-bond acceptors (Lipinski definition) is 2. The Kier molecular flexibility index (Phi) is 12.0. The molecule has 0 aliphatic rings. The number of unbranched alkanes of at least 4 members (excludes halogenated alkanes) is 3. The predicted molar refractivity (Wildman–Crippen MR) is 112 cm³/mol. The van der Waals surface area contributed by atoms with Gasteiger partial charge in [-0.05, 0) is 55.2 Å². The van der Waals surface area contributed by atoms with Crippen LogP contribution in [0, 0.1) is 0 Å². The van der Waals surface area contributed by atoms with Gasteiger partial charge in [0.05, 0.1) is 12.7 Å². The van der Waals surface area contributed by atoms with Gasteiger partial charge in [0.15, 0.2) is 0 Å². The number of nitrogens with zero attached hydrogens (tertiary/aromatic N) is 1. The van der Waals surface area contributed by atoms with Gasteiger partial charge in [0.2, 0.25) is 0 Å². The Morgan fingerprint density at radius 1 is 0.958 bits per heavy atom. The number of rotatable bonds is 12. The minimum absolute atomic E-state index is 0.962. The first-order chi connectivity index (χ1) is 11.7. The van der Waals surface area contributed by atoms with Crippen LogP contribution in [0.4, 0.5) is 5.69 Å². The standard InChI is InChI=1S/C21H32N2S/c1-23(2)21-15-13-20(14-16-21)12-8-4-3-5-9-17-22-18-10-6-7-11-19-24/h3,5,8-9,12-17,22,24H,4,6-7,10-11,18-19H2,1-2H3/p+1/b5-3-,12-8+,17-9-. The van der Waals surface area contributed by atoms with E-state index in [0.29, 0.717) is 0 Å². The number of anilines is 1. The Bertz CT molecular complexity index is 501. The molecule has 24 heavy (non-hydrogen) atoms. The molecule has 1 aromatic rings. The topological polar surface area (TPSA) is 19.9 Å². The Morgan fingerprint density at radius 2 is 1.71 bits per heavy atom. The first-order valence-corrected chi connectivity index (χ1v) is 9.57. The smallest absolute Gasteiger partial charge is 0.0925 e. The molecule has 132 valence electrons. The Morgan fingerprint density at radius 3 is 2.42 bits per heavy atom. The van der Waals surface area contributed by atoms with Crippen molar-refractivity contribution in [3.63, 3.8) is 0 Å². The van der Waals surface area contributed by atoms with Gasteiger partial charge in [0, 0.05) is 19.8 Å². The largest absolute Gasteiger partial charge is 0.378 e. The van der Waals surface area contributed by atoms with Crippen LogP contribution in [0.1, 0.15) is 37.7 Å². The third kappa shape index (κ3) is 10.3. The summed E-state index contributed by atoms with van der Waals surface area (Å²) in [6.07, 6.45) is 19.1. The second kappa shape index (κ2) is 13.9. The molecule has 0 aliphatic heterocycles. The highest BCUT2D eigenvalue weighted by atomic mass is 32.1. The lowest BCUT2D eigenvalue weighted by molar-refractivity contribution is -0.588. The van der Waals surface area contributed by atoms with E-state index in [2.05, 4.69) is 97.8 Å². The van der Waals surface area contributed by atoms with Gasteiger partial charge in [-0.15, -0.1) is 0 Å². The van der Waals surface area contributed by atoms with Gasteiger partial charge in [-0.2, -0.15) is 12.6 Å². The van der Waals surface area contributed by atoms with Crippen LogP contribution in [-0.4, -0.2) is 26.4 Å². The molecule has 0 fully saturated rings. The fourth-order valence-electron chi connectivity index (χ4n) is 2.29. The first kappa shape index (κ1) is 20.6. The van der Waals surface area contributed by atoms with Gasteiger partial charge in [0.25, 0.3) is 0 Å². The molecule has 0 saturated carbocycles. The lowest BCUT2D eigenvalue weighted by atomic mass is 10.1. The normalized spacial score (nSPS) is 12.0. The van der Waals surface area contributed by atoms with E-state index in [1.54, 1.807) is 0 Å². The molecular weight excluding hydrogens is 312 g/mol. The molecule has 1 aromatic carbocycles. The molecule has 0 heterocycles. The van der Waals surface area contributed by atoms with E-state index >= 15 is 0 Å². The van der Waals surface area contributed by atoms with Crippen molar-refractivity contribution in [3.05, 3.63) is 60.3 Å². The van der Waals surface area contributed by atoms with E-state index in [9.17, 15) is 0 Å². The summed E-state index contributed by atoms with van der Waals surface area (Å²) in [7, 11) is 4.12. The molecule has 0 saturated heterocycles. The minimum Gasteiger partial charge on any atom is -0.378 e. The molecule has 0 aromatic heterocycles. The SMILES string of the molecule is CN(C)c1ccc(/C=C/C/C=C\C=C/[NH2+]CCCCCCS)cc1. The summed E-state index contributed by atoms with van der Waals surface area (Å²) in [5.41, 5.74) is 2.48. The number of quaternary nitrogens is 1. The van der Waals surface area contributed by atoms with E-state index < -0.39 is 0 Å². The number of hydrogen-bond donors (Lipinski definition) is 2. The molecule has 1 rings (SSSR count). The zero-order chi connectivity index (χ0) is 17.5. The molecule has 0 aliphatic carbocycles. The molecule has 2 nitrogen and oxygen atoms in total. The Hall–Kier alpha value is -1.45. The molecule has 0 spiro atoms. The van der Waals surface area contributed by atoms with E-state index in [1.165, 1.54) is 43.5 Å². The number of allylic oxidation sites excluding steroid dienone is 4. The zero-order valence-corrected chi connectivity index (χ0v) is 16.1. The van der Waals surface area contributed by atoms with Crippen LogP contribution in [0.5, 0.6) is 0 Å². The summed E-state index contributed by atoms with van der Waals surface area (Å²) in [4.78, 5) is 2.11. The molecule has 0 amide bonds. The fourth-order valence-corrected chi connectivity index (χ4v) is 2.51. The molecule has 0 radical (unpaired) electrons. The van der Waals surface area contributed by atoms with Crippen molar-refractivity contribution < 1.29 is 5.32 Å². The van der Waals surface area contributed by atoms with Gasteiger partial charge in [0.1, 0.15) is 0 Å². The number of nitrogens with two attached hydrogens (primary N) is 1. The summed E-state index contributed by atoms with van der Waals surface area (Å²) >= 11 is 4.23. The first-order valence-electron chi connectivity index (χ1n) is 8.94. The quantitative estimate of drug-likeness (QED) is 0.329. The lowest BCUT2D eigenvalue weighted by Crippen LogP contribution is -2.77. The van der Waals surface area contributed by atoms with Crippen LogP contribution < -0.4 is 10.2 Å². The van der Waals surface area contributed by atoms with Crippen molar-refractivity contribution in [2.24, 2.45) is 0 Å². The van der Waals surface area contributed by atoms with Crippen molar-refractivity contribution in [1.29, 1.82) is 0 Å². The highest BCUT2D eigenvalue weighted by molar-refractivity contribution is 7.80. The predicted octanol–water partition coefficient (Wildman–Crippen LogP) is 4.28. The summed E-state index contributed by atoms with van der Waals surface area (Å²) in [5, 5.41) is 2.26. The van der Waals surface area contributed by atoms with E-state index in [0.717, 1.165) is 12.2 Å². The second-order valence-electron chi connectivity index (χ2n) is 6.10. The van der Waals surface area contributed by atoms with Crippen LogP contribution in [0.15, 0.2) is 54.8 Å². The van der Waals surface area contributed by atoms with Crippen molar-refractivity contribution in [2.45, 2.75) is 32.1 Å². The highest BCUT2D eigenvalue weighted by Gasteiger charge is 1.92. The zero-order valence-electron chi connectivity index (χ0n) is 15.2. The van der Waals surface area contributed by atoms with Crippen molar-refractivity contribution in [1.82, 2.24) is 0 Å². The summed E-state index contributed by atoms with van der Waals surface area (Å²) in [6, 6.07) is 8.60. The third-order valence-corrected chi connectivity index (χ3v) is 4.08. The van der Waals surface area contributed by atoms with Crippen LogP contribution in [0.25, 0.3) is 6.08 Å². The van der Waals surface area contributed by atoms with Crippen molar-refractivity contribution in [3.8, 4) is 0 Å². The molecule has 0 unspecified atom stereocenters. The fraction of sp³-hybridized carbons (Fsp3) is 0.429. The monoisotopic (exact) mass is 345 g/mol. The van der Waals surface area contributed by atoms with Gasteiger partial charge < -0.3 is 10.2 Å². The summed E-state index contributed by atoms with van der Waals surface area (Å²) < 4.78 is 0. The summed E-state index contributed by atoms with van der Waals surface area (Å²) in [5.74, 6) is 1.02. The average Bonchev–Trinajstić information content (AvgIpc) is 2.59. The highest BCUT2D eigenvalue weighted by Crippen LogP contribution is 2.13. The second-order valence-corrected chi connectivity index (χ2v) is 6.55. The van der Waals surface area contributed by atoms with E-state index in [1.807, 2.05) is 0 Å². The van der Waals surface area contributed by atoms with Gasteiger partial charge in [-0.1, -0.05) is 42.9 Å². The number of thiol groups is 1. The van der Waals surface area contributed by atoms with E-state index in [4.69, 9.17) is 0 Å². The maximum Gasteiger partial charge on any atom is 0.0925 e. The van der Waals surface area contributed by atoms with Gasteiger partial charge in [-0.25, -0.2) is 0 Å². The maximum absolute atomic E-state index is 4.23. The minimum atomic E-state index is 0.962. The van der Waals surface area contributed by atoms with Crippen LogP contribution >= 0.6 is 12.6 Å². The number of benzene rings is 1. The van der Waals surface area contributed by atoms with Crippen molar-refractivity contribution >= 4 is 24.4 Å². The Labute approximate surface area is 153 Å². The van der Waals surface area contributed by atoms with Crippen LogP contribution in [0.2, 0.25) is 0 Å². The molecule has 0 atom stereocenters.